The van der Waals surface area contributed by atoms with E-state index < -0.39 is 5.41 Å². The molecule has 0 unspecified atom stereocenters. The number of nitrogens with one attached hydrogen (secondary N) is 1. The van der Waals surface area contributed by atoms with Crippen LogP contribution in [0, 0.1) is 0 Å². The van der Waals surface area contributed by atoms with Crippen molar-refractivity contribution in [3.05, 3.63) is 72.3 Å². The number of benzene rings is 2. The second kappa shape index (κ2) is 9.71. The Bertz CT molecular complexity index is 1060. The minimum Gasteiger partial charge on any atom is -0.381 e. The summed E-state index contributed by atoms with van der Waals surface area (Å²) in [5.74, 6) is 0.973. The molecule has 0 atom stereocenters. The van der Waals surface area contributed by atoms with Crippen molar-refractivity contribution in [2.75, 3.05) is 36.5 Å². The number of carbonyl (C=O) groups is 1. The molecule has 5 rings (SSSR count). The van der Waals surface area contributed by atoms with Crippen LogP contribution < -0.4 is 10.2 Å². The number of carbonyl (C=O) groups excluding carboxylic acids is 1. The van der Waals surface area contributed by atoms with Gasteiger partial charge in [-0.15, -0.1) is 10.2 Å². The monoisotopic (exact) mass is 442 g/mol. The van der Waals surface area contributed by atoms with Crippen LogP contribution in [-0.4, -0.2) is 42.4 Å². The summed E-state index contributed by atoms with van der Waals surface area (Å²) in [6.45, 7) is 3.29. The Hall–Kier alpha value is -3.25. The molecule has 2 saturated heterocycles. The number of nitrogens with zero attached hydrogens (tertiary/aromatic N) is 3. The van der Waals surface area contributed by atoms with Gasteiger partial charge in [-0.25, -0.2) is 0 Å². The first kappa shape index (κ1) is 21.6. The third kappa shape index (κ3) is 4.62. The average Bonchev–Trinajstić information content (AvgIpc) is 2.91. The maximum atomic E-state index is 13.4. The van der Waals surface area contributed by atoms with Crippen LogP contribution in [0.1, 0.15) is 37.7 Å². The summed E-state index contributed by atoms with van der Waals surface area (Å²) >= 11 is 0. The number of rotatable bonds is 5. The zero-order chi connectivity index (χ0) is 22.5. The molecule has 2 aromatic carbocycles. The van der Waals surface area contributed by atoms with E-state index in [-0.39, 0.29) is 5.91 Å². The van der Waals surface area contributed by atoms with Crippen molar-refractivity contribution in [1.29, 1.82) is 0 Å². The fourth-order valence-corrected chi connectivity index (χ4v) is 4.87. The molecule has 33 heavy (non-hydrogen) atoms. The lowest BCUT2D eigenvalue weighted by Crippen LogP contribution is -2.44. The molecule has 2 aliphatic rings. The lowest BCUT2D eigenvalue weighted by Gasteiger charge is -2.36. The molecule has 170 valence electrons. The maximum Gasteiger partial charge on any atom is 0.235 e. The van der Waals surface area contributed by atoms with Gasteiger partial charge in [0.2, 0.25) is 5.91 Å². The molecule has 0 spiro atoms. The molecule has 2 fully saturated rings. The van der Waals surface area contributed by atoms with Crippen molar-refractivity contribution >= 4 is 17.4 Å². The zero-order valence-electron chi connectivity index (χ0n) is 18.9. The number of aromatic nitrogens is 2. The van der Waals surface area contributed by atoms with Crippen molar-refractivity contribution in [3.63, 3.8) is 0 Å². The molecule has 1 N–H and O–H groups in total. The Labute approximate surface area is 195 Å². The van der Waals surface area contributed by atoms with Gasteiger partial charge >= 0.3 is 0 Å². The fraction of sp³-hybridized carbons (Fsp3) is 0.370. The van der Waals surface area contributed by atoms with Gasteiger partial charge in [-0.1, -0.05) is 42.5 Å². The largest absolute Gasteiger partial charge is 0.381 e. The number of ether oxygens (including phenoxy) is 1. The van der Waals surface area contributed by atoms with Crippen LogP contribution in [0.15, 0.2) is 66.7 Å². The normalized spacial score (nSPS) is 18.0. The summed E-state index contributed by atoms with van der Waals surface area (Å²) in [7, 11) is 0. The van der Waals surface area contributed by atoms with Gasteiger partial charge in [0.1, 0.15) is 0 Å². The van der Waals surface area contributed by atoms with E-state index in [1.54, 1.807) is 0 Å². The average molecular weight is 443 g/mol. The Morgan fingerprint density at radius 1 is 0.848 bits per heavy atom. The molecular weight excluding hydrogens is 412 g/mol. The Kier molecular flexibility index (Phi) is 6.35. The number of piperidine rings is 1. The van der Waals surface area contributed by atoms with Gasteiger partial charge in [0, 0.05) is 37.6 Å². The summed E-state index contributed by atoms with van der Waals surface area (Å²) in [5, 5.41) is 12.0. The van der Waals surface area contributed by atoms with Crippen LogP contribution in [0.25, 0.3) is 11.3 Å². The molecule has 3 aromatic rings. The standard InChI is InChI=1S/C27H30N4O2/c32-26(27(15-19-33-20-16-27)22-7-3-1-4-8-22)28-23-11-9-21(10-12-23)24-13-14-25(30-29-24)31-17-5-2-6-18-31/h1,3-4,7-14H,2,5-6,15-20H2,(H,28,32). The molecular formula is C27H30N4O2. The smallest absolute Gasteiger partial charge is 0.235 e. The van der Waals surface area contributed by atoms with Crippen LogP contribution in [0.4, 0.5) is 11.5 Å². The zero-order valence-corrected chi connectivity index (χ0v) is 18.9. The van der Waals surface area contributed by atoms with E-state index in [0.717, 1.165) is 41.4 Å². The third-order valence-electron chi connectivity index (χ3n) is 6.88. The quantitative estimate of drug-likeness (QED) is 0.614. The van der Waals surface area contributed by atoms with Crippen LogP contribution in [0.2, 0.25) is 0 Å². The molecule has 1 aromatic heterocycles. The molecule has 0 aliphatic carbocycles. The summed E-state index contributed by atoms with van der Waals surface area (Å²) < 4.78 is 5.56. The van der Waals surface area contributed by atoms with E-state index in [1.165, 1.54) is 19.3 Å². The van der Waals surface area contributed by atoms with E-state index >= 15 is 0 Å². The van der Waals surface area contributed by atoms with Gasteiger partial charge in [-0.05, 0) is 61.9 Å². The predicted molar refractivity (Wildman–Crippen MR) is 130 cm³/mol. The van der Waals surface area contributed by atoms with Crippen molar-refractivity contribution in [2.24, 2.45) is 0 Å². The second-order valence-electron chi connectivity index (χ2n) is 8.92. The van der Waals surface area contributed by atoms with E-state index in [9.17, 15) is 4.79 Å². The van der Waals surface area contributed by atoms with Crippen LogP contribution in [0.5, 0.6) is 0 Å². The number of hydrogen-bond donors (Lipinski definition) is 1. The molecule has 1 amide bonds. The van der Waals surface area contributed by atoms with Crippen molar-refractivity contribution in [1.82, 2.24) is 10.2 Å². The van der Waals surface area contributed by atoms with Crippen LogP contribution in [-0.2, 0) is 14.9 Å². The number of amides is 1. The predicted octanol–water partition coefficient (Wildman–Crippen LogP) is 4.82. The van der Waals surface area contributed by atoms with E-state index in [0.29, 0.717) is 26.1 Å². The summed E-state index contributed by atoms with van der Waals surface area (Å²) in [6.07, 6.45) is 5.09. The van der Waals surface area contributed by atoms with E-state index in [4.69, 9.17) is 4.74 Å². The Balaban J connectivity index is 1.29. The molecule has 6 nitrogen and oxygen atoms in total. The molecule has 6 heteroatoms. The minimum absolute atomic E-state index is 0.0235. The molecule has 0 saturated carbocycles. The van der Waals surface area contributed by atoms with Gasteiger partial charge in [0.15, 0.2) is 5.82 Å². The SMILES string of the molecule is O=C(Nc1ccc(-c2ccc(N3CCCCC3)nn2)cc1)C1(c2ccccc2)CCOCC1. The molecule has 0 bridgehead atoms. The van der Waals surface area contributed by atoms with Crippen molar-refractivity contribution in [3.8, 4) is 11.3 Å². The van der Waals surface area contributed by atoms with Gasteiger partial charge < -0.3 is 15.0 Å². The fourth-order valence-electron chi connectivity index (χ4n) is 4.87. The molecule has 0 radical (unpaired) electrons. The first-order valence-corrected chi connectivity index (χ1v) is 11.9. The molecule has 2 aliphatic heterocycles. The summed E-state index contributed by atoms with van der Waals surface area (Å²) in [6, 6.07) is 22.0. The highest BCUT2D eigenvalue weighted by molar-refractivity contribution is 5.99. The Morgan fingerprint density at radius 3 is 2.24 bits per heavy atom. The lowest BCUT2D eigenvalue weighted by molar-refractivity contribution is -0.125. The van der Waals surface area contributed by atoms with Crippen molar-refractivity contribution < 1.29 is 9.53 Å². The maximum absolute atomic E-state index is 13.4. The highest BCUT2D eigenvalue weighted by Gasteiger charge is 2.41. The van der Waals surface area contributed by atoms with Gasteiger partial charge in [-0.2, -0.15) is 0 Å². The highest BCUT2D eigenvalue weighted by atomic mass is 16.5. The lowest BCUT2D eigenvalue weighted by atomic mass is 9.73. The van der Waals surface area contributed by atoms with Gasteiger partial charge in [-0.3, -0.25) is 4.79 Å². The topological polar surface area (TPSA) is 67.4 Å². The van der Waals surface area contributed by atoms with Crippen LogP contribution >= 0.6 is 0 Å². The third-order valence-corrected chi connectivity index (χ3v) is 6.88. The first-order chi connectivity index (χ1) is 16.2. The number of anilines is 2. The van der Waals surface area contributed by atoms with Gasteiger partial charge in [0.05, 0.1) is 11.1 Å². The summed E-state index contributed by atoms with van der Waals surface area (Å²) in [4.78, 5) is 15.7. The highest BCUT2D eigenvalue weighted by Crippen LogP contribution is 2.36. The molecule has 3 heterocycles. The Morgan fingerprint density at radius 2 is 1.58 bits per heavy atom. The van der Waals surface area contributed by atoms with Gasteiger partial charge in [0.25, 0.3) is 0 Å². The van der Waals surface area contributed by atoms with Crippen molar-refractivity contribution in [2.45, 2.75) is 37.5 Å². The minimum atomic E-state index is -0.562. The van der Waals surface area contributed by atoms with E-state index in [2.05, 4.69) is 26.5 Å². The number of hydrogen-bond acceptors (Lipinski definition) is 5. The second-order valence-corrected chi connectivity index (χ2v) is 8.92. The van der Waals surface area contributed by atoms with E-state index in [1.807, 2.05) is 60.7 Å². The summed E-state index contributed by atoms with van der Waals surface area (Å²) in [5.41, 5.74) is 3.08. The first-order valence-electron chi connectivity index (χ1n) is 11.9. The van der Waals surface area contributed by atoms with Crippen LogP contribution in [0.3, 0.4) is 0 Å².